The fourth-order valence-electron chi connectivity index (χ4n) is 3.87. The molecule has 0 amide bonds. The zero-order valence-corrected chi connectivity index (χ0v) is 18.5. The second-order valence-electron chi connectivity index (χ2n) is 7.11. The third kappa shape index (κ3) is 3.95. The Hall–Kier alpha value is -2.25. The van der Waals surface area contributed by atoms with Gasteiger partial charge in [0.05, 0.1) is 0 Å². The standard InChI is InChI=1S/C22H29N2O3Si/c1-17-12-18(2)22(19(3)13-17)24-11-10-23(16-24)15-20-8-7-9-21(14-20)28(25-4,26-5)27-6/h7-14,16H,15H2,1-6H3/q+1. The minimum atomic E-state index is -2.82. The SMILES string of the molecule is CO[Si](OC)(OC)c1cccc(C[n+]2ccn(-c3c(C)cc(C)cc3C)c2)c1. The van der Waals surface area contributed by atoms with Crippen LogP contribution in [0.4, 0.5) is 0 Å². The number of aryl methyl sites for hydroxylation is 3. The van der Waals surface area contributed by atoms with Gasteiger partial charge in [-0.05, 0) is 43.5 Å². The summed E-state index contributed by atoms with van der Waals surface area (Å²) in [5, 5.41) is 0.961. The molecule has 0 fully saturated rings. The molecule has 148 valence electrons. The first kappa shape index (κ1) is 20.5. The van der Waals surface area contributed by atoms with Gasteiger partial charge in [-0.3, -0.25) is 0 Å². The second-order valence-corrected chi connectivity index (χ2v) is 10.0. The molecule has 5 nitrogen and oxygen atoms in total. The molecule has 3 rings (SSSR count). The van der Waals surface area contributed by atoms with Crippen molar-refractivity contribution in [3.8, 4) is 5.69 Å². The highest BCUT2D eigenvalue weighted by atomic mass is 28.4. The Morgan fingerprint density at radius 2 is 1.57 bits per heavy atom. The van der Waals surface area contributed by atoms with Gasteiger partial charge in [0.25, 0.3) is 0 Å². The van der Waals surface area contributed by atoms with Crippen molar-refractivity contribution in [3.05, 3.63) is 77.4 Å². The van der Waals surface area contributed by atoms with E-state index in [4.69, 9.17) is 13.3 Å². The summed E-state index contributed by atoms with van der Waals surface area (Å²) in [5.41, 5.74) is 6.25. The molecule has 3 aromatic rings. The minimum Gasteiger partial charge on any atom is -0.373 e. The van der Waals surface area contributed by atoms with Crippen LogP contribution in [0.25, 0.3) is 5.69 Å². The summed E-state index contributed by atoms with van der Waals surface area (Å²) in [6, 6.07) is 12.7. The lowest BCUT2D eigenvalue weighted by molar-refractivity contribution is -0.687. The third-order valence-corrected chi connectivity index (χ3v) is 7.67. The Morgan fingerprint density at radius 3 is 2.18 bits per heavy atom. The average molecular weight is 398 g/mol. The summed E-state index contributed by atoms with van der Waals surface area (Å²) in [5.74, 6) is 0. The molecule has 0 radical (unpaired) electrons. The molecular formula is C22H29N2O3Si+. The van der Waals surface area contributed by atoms with Crippen LogP contribution in [0.1, 0.15) is 22.3 Å². The Bertz CT molecular complexity index is 933. The molecule has 0 unspecified atom stereocenters. The maximum Gasteiger partial charge on any atom is 0.536 e. The van der Waals surface area contributed by atoms with Crippen LogP contribution >= 0.6 is 0 Å². The van der Waals surface area contributed by atoms with Crippen LogP contribution in [0, 0.1) is 20.8 Å². The van der Waals surface area contributed by atoms with E-state index in [-0.39, 0.29) is 0 Å². The molecule has 0 N–H and O–H groups in total. The van der Waals surface area contributed by atoms with Crippen molar-refractivity contribution < 1.29 is 17.8 Å². The van der Waals surface area contributed by atoms with Crippen LogP contribution in [0.5, 0.6) is 0 Å². The zero-order valence-electron chi connectivity index (χ0n) is 17.5. The smallest absolute Gasteiger partial charge is 0.373 e. The molecule has 0 aliphatic rings. The van der Waals surface area contributed by atoms with Gasteiger partial charge in [0.15, 0.2) is 0 Å². The lowest BCUT2D eigenvalue weighted by Gasteiger charge is -2.24. The van der Waals surface area contributed by atoms with Gasteiger partial charge in [0, 0.05) is 26.5 Å². The summed E-state index contributed by atoms with van der Waals surface area (Å²) in [7, 11) is 2.07. The van der Waals surface area contributed by atoms with Crippen molar-refractivity contribution in [2.24, 2.45) is 0 Å². The van der Waals surface area contributed by atoms with Gasteiger partial charge in [-0.1, -0.05) is 35.9 Å². The van der Waals surface area contributed by atoms with E-state index in [0.717, 1.165) is 11.7 Å². The van der Waals surface area contributed by atoms with E-state index in [9.17, 15) is 0 Å². The minimum absolute atomic E-state index is 0.756. The molecule has 0 saturated heterocycles. The van der Waals surface area contributed by atoms with Crippen LogP contribution in [0.2, 0.25) is 0 Å². The zero-order chi connectivity index (χ0) is 20.3. The van der Waals surface area contributed by atoms with Gasteiger partial charge in [0.2, 0.25) is 6.33 Å². The molecule has 0 bridgehead atoms. The molecule has 0 saturated carbocycles. The predicted molar refractivity (Wildman–Crippen MR) is 112 cm³/mol. The van der Waals surface area contributed by atoms with Crippen molar-refractivity contribution in [1.82, 2.24) is 4.57 Å². The van der Waals surface area contributed by atoms with E-state index in [2.05, 4.69) is 72.9 Å². The van der Waals surface area contributed by atoms with Crippen molar-refractivity contribution in [1.29, 1.82) is 0 Å². The Balaban J connectivity index is 1.88. The normalized spacial score (nSPS) is 11.8. The molecule has 1 heterocycles. The molecule has 28 heavy (non-hydrogen) atoms. The average Bonchev–Trinajstić information content (AvgIpc) is 3.11. The highest BCUT2D eigenvalue weighted by Gasteiger charge is 2.40. The fourth-order valence-corrected chi connectivity index (χ4v) is 5.74. The number of hydrogen-bond acceptors (Lipinski definition) is 3. The maximum atomic E-state index is 5.61. The lowest BCUT2D eigenvalue weighted by Crippen LogP contribution is -2.54. The van der Waals surface area contributed by atoms with Crippen LogP contribution in [0.15, 0.2) is 55.1 Å². The quantitative estimate of drug-likeness (QED) is 0.454. The molecule has 6 heteroatoms. The Morgan fingerprint density at radius 1 is 0.929 bits per heavy atom. The molecule has 0 aliphatic carbocycles. The van der Waals surface area contributed by atoms with Crippen molar-refractivity contribution >= 4 is 14.0 Å². The van der Waals surface area contributed by atoms with Gasteiger partial charge in [-0.2, -0.15) is 0 Å². The molecule has 0 spiro atoms. The van der Waals surface area contributed by atoms with E-state index >= 15 is 0 Å². The van der Waals surface area contributed by atoms with Gasteiger partial charge in [-0.25, -0.2) is 9.13 Å². The highest BCUT2D eigenvalue weighted by molar-refractivity contribution is 6.75. The summed E-state index contributed by atoms with van der Waals surface area (Å²) in [6.45, 7) is 7.21. The summed E-state index contributed by atoms with van der Waals surface area (Å²) in [6.07, 6.45) is 6.33. The molecular weight excluding hydrogens is 368 g/mol. The fraction of sp³-hybridized carbons (Fsp3) is 0.318. The first-order valence-electron chi connectivity index (χ1n) is 9.32. The monoisotopic (exact) mass is 397 g/mol. The Labute approximate surface area is 168 Å². The van der Waals surface area contributed by atoms with Gasteiger partial charge >= 0.3 is 8.80 Å². The third-order valence-electron chi connectivity index (χ3n) is 5.04. The van der Waals surface area contributed by atoms with Crippen LogP contribution in [0.3, 0.4) is 0 Å². The summed E-state index contributed by atoms with van der Waals surface area (Å²) in [4.78, 5) is 0. The van der Waals surface area contributed by atoms with Crippen LogP contribution in [-0.4, -0.2) is 34.7 Å². The van der Waals surface area contributed by atoms with Gasteiger partial charge in [0.1, 0.15) is 24.6 Å². The molecule has 0 aliphatic heterocycles. The highest BCUT2D eigenvalue weighted by Crippen LogP contribution is 2.20. The van der Waals surface area contributed by atoms with Gasteiger partial charge < -0.3 is 13.3 Å². The molecule has 2 aromatic carbocycles. The predicted octanol–water partition coefficient (Wildman–Crippen LogP) is 2.82. The summed E-state index contributed by atoms with van der Waals surface area (Å²) < 4.78 is 21.2. The topological polar surface area (TPSA) is 36.5 Å². The largest absolute Gasteiger partial charge is 0.536 e. The second kappa shape index (κ2) is 8.41. The van der Waals surface area contributed by atoms with E-state index in [0.29, 0.717) is 0 Å². The van der Waals surface area contributed by atoms with E-state index in [1.54, 1.807) is 21.3 Å². The number of imidazole rings is 1. The number of nitrogens with zero attached hydrogens (tertiary/aromatic N) is 2. The van der Waals surface area contributed by atoms with E-state index in [1.807, 2.05) is 12.1 Å². The first-order valence-corrected chi connectivity index (χ1v) is 11.0. The van der Waals surface area contributed by atoms with E-state index < -0.39 is 8.80 Å². The number of aromatic nitrogens is 2. The van der Waals surface area contributed by atoms with Crippen molar-refractivity contribution in [3.63, 3.8) is 0 Å². The van der Waals surface area contributed by atoms with Crippen LogP contribution < -0.4 is 9.75 Å². The summed E-state index contributed by atoms with van der Waals surface area (Å²) >= 11 is 0. The van der Waals surface area contributed by atoms with Crippen LogP contribution in [-0.2, 0) is 19.8 Å². The first-order chi connectivity index (χ1) is 13.4. The van der Waals surface area contributed by atoms with E-state index in [1.165, 1.54) is 27.9 Å². The maximum absolute atomic E-state index is 5.61. The number of benzene rings is 2. The van der Waals surface area contributed by atoms with Crippen molar-refractivity contribution in [2.75, 3.05) is 21.3 Å². The molecule has 0 atom stereocenters. The number of hydrogen-bond donors (Lipinski definition) is 0. The van der Waals surface area contributed by atoms with Crippen molar-refractivity contribution in [2.45, 2.75) is 27.3 Å². The Kier molecular flexibility index (Phi) is 6.15. The lowest BCUT2D eigenvalue weighted by atomic mass is 10.1. The van der Waals surface area contributed by atoms with Gasteiger partial charge in [-0.15, -0.1) is 0 Å². The number of rotatable bonds is 7. The molecule has 1 aromatic heterocycles.